The summed E-state index contributed by atoms with van der Waals surface area (Å²) in [5, 5.41) is 2.59. The Bertz CT molecular complexity index is 1040. The van der Waals surface area contributed by atoms with Gasteiger partial charge < -0.3 is 14.8 Å². The Kier molecular flexibility index (Phi) is 8.12. The van der Waals surface area contributed by atoms with Gasteiger partial charge in [0.2, 0.25) is 10.0 Å². The first-order valence-corrected chi connectivity index (χ1v) is 11.0. The zero-order chi connectivity index (χ0) is 23.2. The second kappa shape index (κ2) is 10.4. The largest absolute Gasteiger partial charge is 0.495 e. The van der Waals surface area contributed by atoms with Crippen LogP contribution in [0.5, 0.6) is 5.75 Å². The third-order valence-electron chi connectivity index (χ3n) is 4.36. The Morgan fingerprint density at radius 1 is 1.00 bits per heavy atom. The first-order valence-electron chi connectivity index (χ1n) is 9.48. The summed E-state index contributed by atoms with van der Waals surface area (Å²) in [6.45, 7) is 4.54. The van der Waals surface area contributed by atoms with Crippen molar-refractivity contribution >= 4 is 27.6 Å². The number of anilines is 1. The number of halogens is 1. The van der Waals surface area contributed by atoms with E-state index >= 15 is 0 Å². The highest BCUT2D eigenvalue weighted by molar-refractivity contribution is 7.89. The van der Waals surface area contributed by atoms with Gasteiger partial charge in [0.15, 0.2) is 6.10 Å². The lowest BCUT2D eigenvalue weighted by Gasteiger charge is -2.23. The topological polar surface area (TPSA) is 111 Å². The Morgan fingerprint density at radius 3 is 2.23 bits per heavy atom. The number of ether oxygens (including phenoxy) is 2. The molecule has 0 aromatic heterocycles. The average molecular weight is 453 g/mol. The molecule has 1 amide bonds. The normalized spacial score (nSPS) is 13.4. The third kappa shape index (κ3) is 6.25. The predicted octanol–water partition coefficient (Wildman–Crippen LogP) is 2.71. The number of sulfonamides is 1. The van der Waals surface area contributed by atoms with Crippen LogP contribution in [-0.4, -0.2) is 39.5 Å². The molecule has 0 aliphatic carbocycles. The Balaban J connectivity index is 2.11. The van der Waals surface area contributed by atoms with Crippen LogP contribution in [0.2, 0.25) is 0 Å². The molecular formula is C21H25FN2O6S. The van der Waals surface area contributed by atoms with Crippen LogP contribution >= 0.6 is 0 Å². The van der Waals surface area contributed by atoms with E-state index in [2.05, 4.69) is 10.0 Å². The number of esters is 1. The molecule has 168 valence electrons. The molecule has 10 heteroatoms. The second-order valence-electron chi connectivity index (χ2n) is 7.04. The molecule has 2 unspecified atom stereocenters. The number of hydrogen-bond donors (Lipinski definition) is 2. The second-order valence-corrected chi connectivity index (χ2v) is 8.72. The number of hydrogen-bond acceptors (Lipinski definition) is 6. The summed E-state index contributed by atoms with van der Waals surface area (Å²) in [7, 11) is -2.89. The first-order chi connectivity index (χ1) is 14.6. The van der Waals surface area contributed by atoms with Crippen molar-refractivity contribution in [3.63, 3.8) is 0 Å². The molecule has 2 aromatic carbocycles. The number of amides is 1. The van der Waals surface area contributed by atoms with Gasteiger partial charge in [-0.3, -0.25) is 9.59 Å². The van der Waals surface area contributed by atoms with E-state index in [4.69, 9.17) is 9.47 Å². The van der Waals surface area contributed by atoms with E-state index in [9.17, 15) is 22.4 Å². The van der Waals surface area contributed by atoms with Crippen molar-refractivity contribution in [2.24, 2.45) is 5.92 Å². The van der Waals surface area contributed by atoms with E-state index < -0.39 is 50.7 Å². The zero-order valence-corrected chi connectivity index (χ0v) is 18.4. The SMILES string of the molecule is COc1ccccc1NC(=O)C(C)OC(=O)C(NS(=O)(=O)c1ccccc1F)C(C)C. The van der Waals surface area contributed by atoms with E-state index in [1.54, 1.807) is 38.1 Å². The molecule has 0 heterocycles. The van der Waals surface area contributed by atoms with Gasteiger partial charge in [0.1, 0.15) is 22.5 Å². The van der Waals surface area contributed by atoms with Gasteiger partial charge in [0.05, 0.1) is 12.8 Å². The van der Waals surface area contributed by atoms with Crippen molar-refractivity contribution in [3.8, 4) is 5.75 Å². The highest BCUT2D eigenvalue weighted by Crippen LogP contribution is 2.23. The van der Waals surface area contributed by atoms with E-state index in [0.29, 0.717) is 11.4 Å². The fourth-order valence-corrected chi connectivity index (χ4v) is 4.05. The average Bonchev–Trinajstić information content (AvgIpc) is 2.72. The molecule has 2 rings (SSSR count). The lowest BCUT2D eigenvalue weighted by Crippen LogP contribution is -2.47. The molecule has 8 nitrogen and oxygen atoms in total. The number of nitrogens with one attached hydrogen (secondary N) is 2. The van der Waals surface area contributed by atoms with Crippen LogP contribution in [0.25, 0.3) is 0 Å². The minimum Gasteiger partial charge on any atom is -0.495 e. The number of carbonyl (C=O) groups excluding carboxylic acids is 2. The van der Waals surface area contributed by atoms with E-state index in [1.165, 1.54) is 26.2 Å². The molecule has 31 heavy (non-hydrogen) atoms. The Morgan fingerprint density at radius 2 is 1.61 bits per heavy atom. The molecule has 2 aromatic rings. The zero-order valence-electron chi connectivity index (χ0n) is 17.6. The van der Waals surface area contributed by atoms with Crippen molar-refractivity contribution in [2.45, 2.75) is 37.8 Å². The summed E-state index contributed by atoms with van der Waals surface area (Å²) >= 11 is 0. The summed E-state index contributed by atoms with van der Waals surface area (Å²) in [6.07, 6.45) is -1.23. The van der Waals surface area contributed by atoms with E-state index in [-0.39, 0.29) is 0 Å². The predicted molar refractivity (Wildman–Crippen MR) is 113 cm³/mol. The van der Waals surface area contributed by atoms with Gasteiger partial charge in [0.25, 0.3) is 5.91 Å². The fourth-order valence-electron chi connectivity index (χ4n) is 2.63. The third-order valence-corrected chi connectivity index (χ3v) is 5.83. The summed E-state index contributed by atoms with van der Waals surface area (Å²) < 4.78 is 51.5. The van der Waals surface area contributed by atoms with Crippen LogP contribution in [0.4, 0.5) is 10.1 Å². The maximum absolute atomic E-state index is 13.9. The number of rotatable bonds is 9. The minimum atomic E-state index is -4.34. The van der Waals surface area contributed by atoms with Crippen molar-refractivity contribution in [3.05, 3.63) is 54.3 Å². The number of carbonyl (C=O) groups is 2. The molecule has 0 radical (unpaired) electrons. The quantitative estimate of drug-likeness (QED) is 0.566. The van der Waals surface area contributed by atoms with Crippen molar-refractivity contribution in [1.82, 2.24) is 4.72 Å². The maximum Gasteiger partial charge on any atom is 0.325 e. The standard InChI is InChI=1S/C21H25FN2O6S/c1-13(2)19(24-31(27,28)18-12-8-5-9-15(18)22)21(26)30-14(3)20(25)23-16-10-6-7-11-17(16)29-4/h5-14,19,24H,1-4H3,(H,23,25). The molecule has 0 bridgehead atoms. The van der Waals surface area contributed by atoms with Gasteiger partial charge in [-0.2, -0.15) is 4.72 Å². The molecule has 0 fully saturated rings. The lowest BCUT2D eigenvalue weighted by molar-refractivity contribution is -0.155. The van der Waals surface area contributed by atoms with Crippen LogP contribution in [0.3, 0.4) is 0 Å². The summed E-state index contributed by atoms with van der Waals surface area (Å²) in [6, 6.07) is 10.2. The number of methoxy groups -OCH3 is 1. The monoisotopic (exact) mass is 452 g/mol. The van der Waals surface area contributed by atoms with Crippen LogP contribution in [0, 0.1) is 11.7 Å². The molecule has 0 spiro atoms. The Hall–Kier alpha value is -2.98. The van der Waals surface area contributed by atoms with Gasteiger partial charge in [0, 0.05) is 0 Å². The van der Waals surface area contributed by atoms with Crippen LogP contribution < -0.4 is 14.8 Å². The van der Waals surface area contributed by atoms with Gasteiger partial charge in [-0.1, -0.05) is 38.1 Å². The van der Waals surface area contributed by atoms with Crippen LogP contribution in [0.15, 0.2) is 53.4 Å². The van der Waals surface area contributed by atoms with Gasteiger partial charge in [-0.05, 0) is 37.1 Å². The summed E-state index contributed by atoms with van der Waals surface area (Å²) in [5.74, 6) is -2.64. The fraction of sp³-hybridized carbons (Fsp3) is 0.333. The summed E-state index contributed by atoms with van der Waals surface area (Å²) in [4.78, 5) is 24.5. The number of para-hydroxylation sites is 2. The summed E-state index contributed by atoms with van der Waals surface area (Å²) in [5.41, 5.74) is 0.388. The first kappa shape index (κ1) is 24.3. The van der Waals surface area contributed by atoms with Crippen molar-refractivity contribution in [1.29, 1.82) is 0 Å². The van der Waals surface area contributed by atoms with Crippen LogP contribution in [-0.2, 0) is 24.3 Å². The van der Waals surface area contributed by atoms with Crippen molar-refractivity contribution in [2.75, 3.05) is 12.4 Å². The Labute approximate surface area is 180 Å². The maximum atomic E-state index is 13.9. The van der Waals surface area contributed by atoms with Gasteiger partial charge in [-0.25, -0.2) is 12.8 Å². The molecule has 2 N–H and O–H groups in total. The van der Waals surface area contributed by atoms with Gasteiger partial charge >= 0.3 is 5.97 Å². The molecule has 0 aliphatic heterocycles. The lowest BCUT2D eigenvalue weighted by atomic mass is 10.1. The molecule has 0 saturated carbocycles. The minimum absolute atomic E-state index is 0.388. The highest BCUT2D eigenvalue weighted by atomic mass is 32.2. The highest BCUT2D eigenvalue weighted by Gasteiger charge is 2.33. The van der Waals surface area contributed by atoms with E-state index in [0.717, 1.165) is 12.1 Å². The number of benzene rings is 2. The van der Waals surface area contributed by atoms with E-state index in [1.807, 2.05) is 0 Å². The van der Waals surface area contributed by atoms with Crippen LogP contribution in [0.1, 0.15) is 20.8 Å². The molecule has 0 aliphatic rings. The molecule has 2 atom stereocenters. The van der Waals surface area contributed by atoms with Gasteiger partial charge in [-0.15, -0.1) is 0 Å². The van der Waals surface area contributed by atoms with Crippen molar-refractivity contribution < 1.29 is 31.9 Å². The molecule has 0 saturated heterocycles. The smallest absolute Gasteiger partial charge is 0.325 e. The molecular weight excluding hydrogens is 427 g/mol.